The minimum absolute atomic E-state index is 2.67. The van der Waals surface area contributed by atoms with Crippen molar-refractivity contribution in [2.24, 2.45) is 0 Å². The van der Waals surface area contributed by atoms with Gasteiger partial charge in [-0.05, 0) is 0 Å². The van der Waals surface area contributed by atoms with Gasteiger partial charge in [-0.15, -0.1) is 0 Å². The molecule has 0 aliphatic rings. The van der Waals surface area contributed by atoms with Gasteiger partial charge in [0.1, 0.15) is 0 Å². The van der Waals surface area contributed by atoms with Crippen molar-refractivity contribution in [3.8, 4) is 0 Å². The SMILES string of the molecule is O=C(OCC(F)(F)C(F)(F)C(F)(F)C(F)F)C(Cl)(C(F)(F)F)C(F)(F)F. The topological polar surface area (TPSA) is 26.3 Å². The van der Waals surface area contributed by atoms with E-state index in [1.54, 1.807) is 0 Å². The molecule has 0 heterocycles. The monoisotopic (exact) mass is 444 g/mol. The first kappa shape index (κ1) is 24.8. The van der Waals surface area contributed by atoms with E-state index in [-0.39, 0.29) is 0 Å². The van der Waals surface area contributed by atoms with E-state index in [4.69, 9.17) is 0 Å². The van der Waals surface area contributed by atoms with Crippen LogP contribution in [0, 0.1) is 0 Å². The zero-order valence-corrected chi connectivity index (χ0v) is 12.0. The maximum Gasteiger partial charge on any atom is 0.427 e. The standard InChI is InChI=1S/C9H3ClF14O2/c10-5(8(19,20)21,9(22,23)24)3(25)26-1-4(13,14)7(17,18)6(15,16)2(11)12/h2H,1H2. The molecule has 0 aromatic heterocycles. The molecule has 0 saturated carbocycles. The lowest BCUT2D eigenvalue weighted by molar-refractivity contribution is -0.345. The molecule has 0 atom stereocenters. The van der Waals surface area contributed by atoms with Gasteiger partial charge < -0.3 is 4.74 Å². The van der Waals surface area contributed by atoms with Crippen molar-refractivity contribution in [2.45, 2.75) is 41.4 Å². The van der Waals surface area contributed by atoms with Gasteiger partial charge in [0, 0.05) is 0 Å². The van der Waals surface area contributed by atoms with Crippen molar-refractivity contribution < 1.29 is 71.0 Å². The molecule has 26 heavy (non-hydrogen) atoms. The minimum atomic E-state index is -7.01. The number of ether oxygens (including phenoxy) is 1. The van der Waals surface area contributed by atoms with Gasteiger partial charge >= 0.3 is 47.4 Å². The van der Waals surface area contributed by atoms with Gasteiger partial charge in [-0.3, -0.25) is 0 Å². The number of esters is 1. The van der Waals surface area contributed by atoms with E-state index in [2.05, 4.69) is 16.3 Å². The van der Waals surface area contributed by atoms with Crippen LogP contribution >= 0.6 is 11.6 Å². The molecule has 17 heteroatoms. The van der Waals surface area contributed by atoms with Crippen LogP contribution in [0.2, 0.25) is 0 Å². The largest absolute Gasteiger partial charge is 0.457 e. The van der Waals surface area contributed by atoms with Crippen LogP contribution in [0.3, 0.4) is 0 Å². The molecule has 0 rings (SSSR count). The van der Waals surface area contributed by atoms with Crippen LogP contribution in [-0.2, 0) is 9.53 Å². The summed E-state index contributed by atoms with van der Waals surface area (Å²) in [6.07, 6.45) is -18.9. The molecule has 0 fully saturated rings. The maximum absolute atomic E-state index is 13.0. The normalized spacial score (nSPS) is 15.4. The fraction of sp³-hybridized carbons (Fsp3) is 0.889. The molecule has 0 unspecified atom stereocenters. The summed E-state index contributed by atoms with van der Waals surface area (Å²) in [5.41, 5.74) is 0. The Hall–Kier alpha value is -1.22. The molecule has 0 radical (unpaired) electrons. The summed E-state index contributed by atoms with van der Waals surface area (Å²) in [6, 6.07) is 0. The highest BCUT2D eigenvalue weighted by Crippen LogP contribution is 2.51. The van der Waals surface area contributed by atoms with Gasteiger partial charge in [0.05, 0.1) is 0 Å². The predicted octanol–water partition coefficient (Wildman–Crippen LogP) is 4.80. The average Bonchev–Trinajstić information content (AvgIpc) is 2.40. The third-order valence-electron chi connectivity index (χ3n) is 2.60. The summed E-state index contributed by atoms with van der Waals surface area (Å²) in [4.78, 5) is 4.80. The summed E-state index contributed by atoms with van der Waals surface area (Å²) in [5, 5.41) is 0. The Kier molecular flexibility index (Phi) is 6.43. The summed E-state index contributed by atoms with van der Waals surface area (Å²) >= 11 is 4.00. The molecular formula is C9H3ClF14O2. The molecule has 0 aromatic carbocycles. The number of hydrogen-bond donors (Lipinski definition) is 0. The van der Waals surface area contributed by atoms with Crippen LogP contribution in [-0.4, -0.2) is 54.0 Å². The number of alkyl halides is 15. The Morgan fingerprint density at radius 1 is 0.808 bits per heavy atom. The molecule has 2 nitrogen and oxygen atoms in total. The van der Waals surface area contributed by atoms with Gasteiger partial charge in [0.2, 0.25) is 0 Å². The second-order valence-corrected chi connectivity index (χ2v) is 5.00. The first-order valence-electron chi connectivity index (χ1n) is 5.48. The molecular weight excluding hydrogens is 442 g/mol. The Morgan fingerprint density at radius 2 is 1.15 bits per heavy atom. The van der Waals surface area contributed by atoms with E-state index in [0.29, 0.717) is 0 Å². The quantitative estimate of drug-likeness (QED) is 0.334. The van der Waals surface area contributed by atoms with Crippen LogP contribution in [0.5, 0.6) is 0 Å². The summed E-state index contributed by atoms with van der Waals surface area (Å²) < 4.78 is 176. The van der Waals surface area contributed by atoms with Gasteiger partial charge in [0.15, 0.2) is 6.61 Å². The van der Waals surface area contributed by atoms with Crippen molar-refractivity contribution in [1.82, 2.24) is 0 Å². The highest BCUT2D eigenvalue weighted by Gasteiger charge is 2.78. The average molecular weight is 445 g/mol. The third kappa shape index (κ3) is 3.88. The third-order valence-corrected chi connectivity index (χ3v) is 3.18. The van der Waals surface area contributed by atoms with Gasteiger partial charge in [-0.2, -0.15) is 52.7 Å². The van der Waals surface area contributed by atoms with Crippen LogP contribution in [0.25, 0.3) is 0 Å². The van der Waals surface area contributed by atoms with Gasteiger partial charge in [0.25, 0.3) is 0 Å². The molecule has 0 bridgehead atoms. The predicted molar refractivity (Wildman–Crippen MR) is 52.5 cm³/mol. The summed E-state index contributed by atoms with van der Waals surface area (Å²) in [6.45, 7) is -3.54. The summed E-state index contributed by atoms with van der Waals surface area (Å²) in [5.74, 6) is -24.1. The number of rotatable bonds is 6. The number of hydrogen-bond acceptors (Lipinski definition) is 2. The van der Waals surface area contributed by atoms with Crippen LogP contribution < -0.4 is 0 Å². The second-order valence-electron chi connectivity index (χ2n) is 4.43. The molecule has 0 amide bonds. The van der Waals surface area contributed by atoms with E-state index < -0.39 is 54.0 Å². The first-order chi connectivity index (χ1) is 11.1. The van der Waals surface area contributed by atoms with Crippen molar-refractivity contribution in [3.05, 3.63) is 0 Å². The van der Waals surface area contributed by atoms with Gasteiger partial charge in [-0.1, -0.05) is 11.6 Å². The number of carbonyl (C=O) groups excluding carboxylic acids is 1. The fourth-order valence-electron chi connectivity index (χ4n) is 1.12. The molecule has 0 aromatic rings. The molecule has 156 valence electrons. The Balaban J connectivity index is 5.67. The fourth-order valence-corrected chi connectivity index (χ4v) is 1.17. The maximum atomic E-state index is 13.0. The lowest BCUT2D eigenvalue weighted by Crippen LogP contribution is -2.61. The van der Waals surface area contributed by atoms with Crippen LogP contribution in [0.15, 0.2) is 0 Å². The zero-order valence-electron chi connectivity index (χ0n) is 11.3. The number of carbonyl (C=O) groups is 1. The zero-order chi connectivity index (χ0) is 21.6. The van der Waals surface area contributed by atoms with Crippen molar-refractivity contribution in [2.75, 3.05) is 6.61 Å². The molecule has 0 N–H and O–H groups in total. The van der Waals surface area contributed by atoms with Crippen molar-refractivity contribution in [3.63, 3.8) is 0 Å². The van der Waals surface area contributed by atoms with E-state index in [1.165, 1.54) is 0 Å². The lowest BCUT2D eigenvalue weighted by Gasteiger charge is -2.33. The highest BCUT2D eigenvalue weighted by molar-refractivity contribution is 6.35. The summed E-state index contributed by atoms with van der Waals surface area (Å²) in [7, 11) is 0. The smallest absolute Gasteiger partial charge is 0.427 e. The Bertz CT molecular complexity index is 507. The minimum Gasteiger partial charge on any atom is -0.457 e. The lowest BCUT2D eigenvalue weighted by atomic mass is 10.1. The van der Waals surface area contributed by atoms with Crippen LogP contribution in [0.1, 0.15) is 0 Å². The van der Waals surface area contributed by atoms with Crippen molar-refractivity contribution in [1.29, 1.82) is 0 Å². The van der Waals surface area contributed by atoms with E-state index in [0.717, 1.165) is 0 Å². The highest BCUT2D eigenvalue weighted by atomic mass is 35.5. The Morgan fingerprint density at radius 3 is 1.42 bits per heavy atom. The number of halogens is 15. The second kappa shape index (κ2) is 6.74. The molecule has 0 aliphatic heterocycles. The van der Waals surface area contributed by atoms with Crippen molar-refractivity contribution >= 4 is 17.6 Å². The van der Waals surface area contributed by atoms with Crippen LogP contribution in [0.4, 0.5) is 61.5 Å². The van der Waals surface area contributed by atoms with E-state index in [9.17, 15) is 66.3 Å². The molecule has 0 spiro atoms. The first-order valence-corrected chi connectivity index (χ1v) is 5.86. The van der Waals surface area contributed by atoms with E-state index in [1.807, 2.05) is 0 Å². The Labute approximate surface area is 138 Å². The molecule has 0 aliphatic carbocycles. The van der Waals surface area contributed by atoms with Gasteiger partial charge in [-0.25, -0.2) is 13.6 Å². The molecule has 0 saturated heterocycles. The van der Waals surface area contributed by atoms with E-state index >= 15 is 0 Å².